The van der Waals surface area contributed by atoms with Gasteiger partial charge in [-0.3, -0.25) is 4.79 Å². The molecule has 0 spiro atoms. The lowest BCUT2D eigenvalue weighted by molar-refractivity contribution is -0.132. The number of carbonyl (C=O) groups is 1. The van der Waals surface area contributed by atoms with Gasteiger partial charge in [0.1, 0.15) is 6.10 Å². The van der Waals surface area contributed by atoms with Gasteiger partial charge in [-0.2, -0.15) is 0 Å². The molecule has 0 aliphatic carbocycles. The van der Waals surface area contributed by atoms with E-state index in [9.17, 15) is 4.79 Å². The van der Waals surface area contributed by atoms with Gasteiger partial charge >= 0.3 is 0 Å². The van der Waals surface area contributed by atoms with E-state index in [1.165, 1.54) is 0 Å². The molecule has 0 rings (SSSR count). The van der Waals surface area contributed by atoms with Crippen LogP contribution >= 0.6 is 0 Å². The summed E-state index contributed by atoms with van der Waals surface area (Å²) in [6.45, 7) is 7.28. The Balaban J connectivity index is 3.74. The fraction of sp³-hybridized carbons (Fsp3) is 0.917. The van der Waals surface area contributed by atoms with Crippen molar-refractivity contribution in [1.29, 1.82) is 0 Å². The maximum atomic E-state index is 11.6. The molecular formula is C12H26N2O3. The van der Waals surface area contributed by atoms with Crippen molar-refractivity contribution >= 4 is 5.91 Å². The Morgan fingerprint density at radius 1 is 1.53 bits per heavy atom. The maximum Gasteiger partial charge on any atom is 0.248 e. The van der Waals surface area contributed by atoms with Crippen molar-refractivity contribution in [1.82, 2.24) is 5.32 Å². The molecule has 0 aromatic rings. The molecule has 2 atom stereocenters. The molecule has 0 radical (unpaired) electrons. The largest absolute Gasteiger partial charge is 0.385 e. The van der Waals surface area contributed by atoms with Gasteiger partial charge in [-0.1, -0.05) is 6.92 Å². The average molecular weight is 246 g/mol. The van der Waals surface area contributed by atoms with Gasteiger partial charge in [-0.15, -0.1) is 0 Å². The van der Waals surface area contributed by atoms with E-state index in [2.05, 4.69) is 5.32 Å². The first-order valence-corrected chi connectivity index (χ1v) is 6.10. The SMILES string of the molecule is CCC(C)(N)COC(C)C(=O)NCCCOC. The molecule has 0 bridgehead atoms. The van der Waals surface area contributed by atoms with Crippen molar-refractivity contribution < 1.29 is 14.3 Å². The van der Waals surface area contributed by atoms with Crippen LogP contribution in [0.3, 0.4) is 0 Å². The van der Waals surface area contributed by atoms with E-state index in [1.807, 2.05) is 13.8 Å². The van der Waals surface area contributed by atoms with E-state index in [0.717, 1.165) is 12.8 Å². The zero-order chi connectivity index (χ0) is 13.3. The smallest absolute Gasteiger partial charge is 0.248 e. The number of ether oxygens (including phenoxy) is 2. The zero-order valence-corrected chi connectivity index (χ0v) is 11.4. The summed E-state index contributed by atoms with van der Waals surface area (Å²) in [6.07, 6.45) is 1.15. The number of methoxy groups -OCH3 is 1. The molecular weight excluding hydrogens is 220 g/mol. The fourth-order valence-corrected chi connectivity index (χ4v) is 1.06. The maximum absolute atomic E-state index is 11.6. The Bertz CT molecular complexity index is 220. The molecule has 0 aromatic carbocycles. The highest BCUT2D eigenvalue weighted by atomic mass is 16.5. The van der Waals surface area contributed by atoms with Gasteiger partial charge in [0.25, 0.3) is 0 Å². The summed E-state index contributed by atoms with van der Waals surface area (Å²) >= 11 is 0. The Morgan fingerprint density at radius 3 is 2.71 bits per heavy atom. The van der Waals surface area contributed by atoms with Crippen molar-refractivity contribution in [2.75, 3.05) is 26.9 Å². The Morgan fingerprint density at radius 2 is 2.18 bits per heavy atom. The highest BCUT2D eigenvalue weighted by Gasteiger charge is 2.20. The molecule has 5 nitrogen and oxygen atoms in total. The molecule has 0 aromatic heterocycles. The normalized spacial score (nSPS) is 16.3. The monoisotopic (exact) mass is 246 g/mol. The number of amides is 1. The van der Waals surface area contributed by atoms with Gasteiger partial charge in [0.2, 0.25) is 5.91 Å². The second kappa shape index (κ2) is 8.44. The molecule has 0 saturated heterocycles. The van der Waals surface area contributed by atoms with Crippen LogP contribution in [0.25, 0.3) is 0 Å². The highest BCUT2D eigenvalue weighted by Crippen LogP contribution is 2.06. The minimum absolute atomic E-state index is 0.104. The van der Waals surface area contributed by atoms with Crippen LogP contribution < -0.4 is 11.1 Å². The third kappa shape index (κ3) is 8.12. The van der Waals surface area contributed by atoms with E-state index in [-0.39, 0.29) is 11.4 Å². The van der Waals surface area contributed by atoms with Crippen LogP contribution in [0.5, 0.6) is 0 Å². The molecule has 102 valence electrons. The van der Waals surface area contributed by atoms with Crippen LogP contribution in [0.15, 0.2) is 0 Å². The molecule has 2 unspecified atom stereocenters. The van der Waals surface area contributed by atoms with Crippen LogP contribution in [-0.2, 0) is 14.3 Å². The minimum atomic E-state index is -0.466. The molecule has 3 N–H and O–H groups in total. The van der Waals surface area contributed by atoms with Crippen molar-refractivity contribution in [3.05, 3.63) is 0 Å². The number of hydrogen-bond donors (Lipinski definition) is 2. The summed E-state index contributed by atoms with van der Waals surface area (Å²) < 4.78 is 10.3. The van der Waals surface area contributed by atoms with Gasteiger partial charge in [0.15, 0.2) is 0 Å². The lowest BCUT2D eigenvalue weighted by Gasteiger charge is -2.24. The van der Waals surface area contributed by atoms with Crippen LogP contribution in [0, 0.1) is 0 Å². The summed E-state index contributed by atoms with van der Waals surface area (Å²) in [5, 5.41) is 2.79. The zero-order valence-electron chi connectivity index (χ0n) is 11.4. The fourth-order valence-electron chi connectivity index (χ4n) is 1.06. The van der Waals surface area contributed by atoms with E-state index in [0.29, 0.717) is 19.8 Å². The molecule has 17 heavy (non-hydrogen) atoms. The molecule has 0 saturated carbocycles. The molecule has 0 aliphatic heterocycles. The summed E-state index contributed by atoms with van der Waals surface area (Å²) in [5.74, 6) is -0.104. The number of nitrogens with one attached hydrogen (secondary N) is 1. The molecule has 0 aliphatic rings. The Hall–Kier alpha value is -0.650. The van der Waals surface area contributed by atoms with E-state index in [1.54, 1.807) is 14.0 Å². The Labute approximate surface area is 104 Å². The average Bonchev–Trinajstić information content (AvgIpc) is 2.31. The van der Waals surface area contributed by atoms with Gasteiger partial charge in [-0.05, 0) is 26.7 Å². The lowest BCUT2D eigenvalue weighted by Crippen LogP contribution is -2.44. The topological polar surface area (TPSA) is 73.6 Å². The summed E-state index contributed by atoms with van der Waals surface area (Å²) in [5.41, 5.74) is 5.56. The van der Waals surface area contributed by atoms with E-state index in [4.69, 9.17) is 15.2 Å². The lowest BCUT2D eigenvalue weighted by atomic mass is 10.0. The number of nitrogens with two attached hydrogens (primary N) is 1. The number of carbonyl (C=O) groups excluding carboxylic acids is 1. The third-order valence-electron chi connectivity index (χ3n) is 2.66. The van der Waals surface area contributed by atoms with Crippen LogP contribution in [0.2, 0.25) is 0 Å². The van der Waals surface area contributed by atoms with E-state index >= 15 is 0 Å². The number of rotatable bonds is 9. The van der Waals surface area contributed by atoms with Gasteiger partial charge in [0.05, 0.1) is 6.61 Å². The van der Waals surface area contributed by atoms with Gasteiger partial charge in [-0.25, -0.2) is 0 Å². The van der Waals surface area contributed by atoms with E-state index < -0.39 is 6.10 Å². The van der Waals surface area contributed by atoms with Crippen molar-refractivity contribution in [3.63, 3.8) is 0 Å². The van der Waals surface area contributed by atoms with Crippen LogP contribution in [-0.4, -0.2) is 44.4 Å². The van der Waals surface area contributed by atoms with Gasteiger partial charge < -0.3 is 20.5 Å². The number of hydrogen-bond acceptors (Lipinski definition) is 4. The minimum Gasteiger partial charge on any atom is -0.385 e. The quantitative estimate of drug-likeness (QED) is 0.587. The third-order valence-corrected chi connectivity index (χ3v) is 2.66. The van der Waals surface area contributed by atoms with Crippen LogP contribution in [0.4, 0.5) is 0 Å². The molecule has 5 heteroatoms. The predicted molar refractivity (Wildman–Crippen MR) is 67.8 cm³/mol. The first-order chi connectivity index (χ1) is 7.93. The molecule has 1 amide bonds. The summed E-state index contributed by atoms with van der Waals surface area (Å²) in [6, 6.07) is 0. The summed E-state index contributed by atoms with van der Waals surface area (Å²) in [7, 11) is 1.64. The van der Waals surface area contributed by atoms with Crippen molar-refractivity contribution in [2.45, 2.75) is 45.3 Å². The standard InChI is InChI=1S/C12H26N2O3/c1-5-12(3,13)9-17-10(2)11(15)14-7-6-8-16-4/h10H,5-9,13H2,1-4H3,(H,14,15). The first-order valence-electron chi connectivity index (χ1n) is 6.10. The first kappa shape index (κ1) is 16.4. The predicted octanol–water partition coefficient (Wildman–Crippen LogP) is 0.672. The summed E-state index contributed by atoms with van der Waals surface area (Å²) in [4.78, 5) is 11.6. The highest BCUT2D eigenvalue weighted by molar-refractivity contribution is 5.80. The van der Waals surface area contributed by atoms with Crippen molar-refractivity contribution in [3.8, 4) is 0 Å². The second-order valence-corrected chi connectivity index (χ2v) is 4.60. The molecule has 0 heterocycles. The molecule has 0 fully saturated rings. The second-order valence-electron chi connectivity index (χ2n) is 4.60. The van der Waals surface area contributed by atoms with Gasteiger partial charge in [0, 0.05) is 25.8 Å². The van der Waals surface area contributed by atoms with Crippen LogP contribution in [0.1, 0.15) is 33.6 Å². The Kier molecular flexibility index (Phi) is 8.12. The van der Waals surface area contributed by atoms with Crippen molar-refractivity contribution in [2.24, 2.45) is 5.73 Å².